The fourth-order valence-corrected chi connectivity index (χ4v) is 3.89. The van der Waals surface area contributed by atoms with Crippen LogP contribution < -0.4 is 19.5 Å². The van der Waals surface area contributed by atoms with Gasteiger partial charge in [-0.05, 0) is 34.6 Å². The minimum Gasteiger partial charge on any atom is -0.485 e. The van der Waals surface area contributed by atoms with Crippen molar-refractivity contribution in [3.8, 4) is 11.5 Å². The van der Waals surface area contributed by atoms with Crippen LogP contribution in [0.15, 0.2) is 52.0 Å². The minimum absolute atomic E-state index is 0.0140. The van der Waals surface area contributed by atoms with E-state index in [0.717, 1.165) is 0 Å². The highest BCUT2D eigenvalue weighted by atomic mass is 32.2. The lowest BCUT2D eigenvalue weighted by Gasteiger charge is -2.25. The summed E-state index contributed by atoms with van der Waals surface area (Å²) in [5.74, 6) is 0.677. The van der Waals surface area contributed by atoms with Crippen LogP contribution in [0.1, 0.15) is 0 Å². The molecule has 2 N–H and O–H groups in total. The first-order valence-corrected chi connectivity index (χ1v) is 9.90. The number of ether oxygens (including phenoxy) is 2. The van der Waals surface area contributed by atoms with Crippen LogP contribution in [0.3, 0.4) is 0 Å². The van der Waals surface area contributed by atoms with Gasteiger partial charge in [0.25, 0.3) is 5.91 Å². The second kappa shape index (κ2) is 7.44. The van der Waals surface area contributed by atoms with Gasteiger partial charge in [-0.25, -0.2) is 17.8 Å². The molecule has 10 nitrogen and oxygen atoms in total. The van der Waals surface area contributed by atoms with Gasteiger partial charge in [-0.15, -0.1) is 0 Å². The number of aromatic nitrogens is 2. The van der Waals surface area contributed by atoms with Gasteiger partial charge in [-0.1, -0.05) is 18.2 Å². The third kappa shape index (κ3) is 3.62. The average molecular weight is 404 g/mol. The zero-order valence-corrected chi connectivity index (χ0v) is 15.3. The number of benzene rings is 2. The molecule has 1 aromatic heterocycles. The quantitative estimate of drug-likeness (QED) is 0.566. The minimum atomic E-state index is -3.84. The predicted molar refractivity (Wildman–Crippen MR) is 96.4 cm³/mol. The van der Waals surface area contributed by atoms with Crippen LogP contribution in [0.5, 0.6) is 11.5 Å². The van der Waals surface area contributed by atoms with Crippen LogP contribution in [-0.2, 0) is 14.8 Å². The molecule has 0 aliphatic carbocycles. The van der Waals surface area contributed by atoms with Crippen molar-refractivity contribution >= 4 is 27.0 Å². The van der Waals surface area contributed by atoms with E-state index < -0.39 is 22.0 Å². The normalized spacial score (nSPS) is 16.1. The summed E-state index contributed by atoms with van der Waals surface area (Å²) in [5, 5.41) is 9.86. The monoisotopic (exact) mass is 404 g/mol. The van der Waals surface area contributed by atoms with Gasteiger partial charge in [0.05, 0.1) is 0 Å². The van der Waals surface area contributed by atoms with E-state index in [0.29, 0.717) is 17.0 Å². The Balaban J connectivity index is 1.31. The standard InChI is InChI=1S/C17H16N4O6S/c22-17(14-10-25-12-5-1-2-6-13(12)26-14)18-8-9-19-28(23,24)15-7-3-4-11-16(15)21-27-20-11/h1-7,14,19H,8-10H2,(H,18,22). The fourth-order valence-electron chi connectivity index (χ4n) is 2.71. The van der Waals surface area contributed by atoms with Crippen LogP contribution >= 0.6 is 0 Å². The molecule has 0 bridgehead atoms. The molecule has 0 radical (unpaired) electrons. The summed E-state index contributed by atoms with van der Waals surface area (Å²) in [6.45, 7) is 0.141. The highest BCUT2D eigenvalue weighted by Gasteiger charge is 2.27. The van der Waals surface area contributed by atoms with Crippen molar-refractivity contribution in [1.29, 1.82) is 0 Å². The number of hydrogen-bond acceptors (Lipinski definition) is 8. The van der Waals surface area contributed by atoms with Crippen molar-refractivity contribution in [2.45, 2.75) is 11.0 Å². The third-order valence-electron chi connectivity index (χ3n) is 4.06. The molecule has 1 amide bonds. The summed E-state index contributed by atoms with van der Waals surface area (Å²) in [7, 11) is -3.84. The third-order valence-corrected chi connectivity index (χ3v) is 5.55. The largest absolute Gasteiger partial charge is 0.485 e. The van der Waals surface area contributed by atoms with Gasteiger partial charge in [0.15, 0.2) is 17.0 Å². The van der Waals surface area contributed by atoms with Crippen molar-refractivity contribution in [3.05, 3.63) is 42.5 Å². The summed E-state index contributed by atoms with van der Waals surface area (Å²) in [4.78, 5) is 12.2. The van der Waals surface area contributed by atoms with E-state index in [4.69, 9.17) is 9.47 Å². The Morgan fingerprint density at radius 1 is 1.07 bits per heavy atom. The molecule has 3 aromatic rings. The van der Waals surface area contributed by atoms with Gasteiger partial charge in [-0.2, -0.15) is 0 Å². The molecule has 0 fully saturated rings. The number of amides is 1. The molecule has 1 aliphatic rings. The molecule has 1 atom stereocenters. The van der Waals surface area contributed by atoms with Crippen LogP contribution in [0, 0.1) is 0 Å². The summed E-state index contributed by atoms with van der Waals surface area (Å²) < 4.78 is 43.0. The Morgan fingerprint density at radius 2 is 1.89 bits per heavy atom. The van der Waals surface area contributed by atoms with E-state index in [-0.39, 0.29) is 30.1 Å². The SMILES string of the molecule is O=C(NCCNS(=O)(=O)c1cccc2nonc12)C1COc2ccccc2O1. The number of rotatable bonds is 6. The Hall–Kier alpha value is -3.18. The zero-order chi connectivity index (χ0) is 19.6. The van der Waals surface area contributed by atoms with E-state index in [1.807, 2.05) is 6.07 Å². The number of para-hydroxylation sites is 2. The number of sulfonamides is 1. The van der Waals surface area contributed by atoms with Gasteiger partial charge in [0.2, 0.25) is 16.1 Å². The molecular formula is C17H16N4O6S. The Labute approximate surface area is 159 Å². The first-order valence-electron chi connectivity index (χ1n) is 8.42. The average Bonchev–Trinajstić information content (AvgIpc) is 3.19. The summed E-state index contributed by atoms with van der Waals surface area (Å²) >= 11 is 0. The van der Waals surface area contributed by atoms with Gasteiger partial charge < -0.3 is 14.8 Å². The van der Waals surface area contributed by atoms with E-state index >= 15 is 0 Å². The fraction of sp³-hybridized carbons (Fsp3) is 0.235. The van der Waals surface area contributed by atoms with Crippen LogP contribution in [0.25, 0.3) is 11.0 Å². The summed E-state index contributed by atoms with van der Waals surface area (Å²) in [6.07, 6.45) is -0.804. The first kappa shape index (κ1) is 18.2. The predicted octanol–water partition coefficient (Wildman–Crippen LogP) is 0.457. The molecule has 11 heteroatoms. The molecule has 0 saturated carbocycles. The molecule has 0 saturated heterocycles. The lowest BCUT2D eigenvalue weighted by atomic mass is 10.2. The summed E-state index contributed by atoms with van der Waals surface area (Å²) in [5.41, 5.74) is 0.483. The number of hydrogen-bond donors (Lipinski definition) is 2. The van der Waals surface area contributed by atoms with E-state index in [1.165, 1.54) is 6.07 Å². The highest BCUT2D eigenvalue weighted by Crippen LogP contribution is 2.30. The van der Waals surface area contributed by atoms with Gasteiger partial charge in [0.1, 0.15) is 17.0 Å². The van der Waals surface area contributed by atoms with E-state index in [9.17, 15) is 13.2 Å². The molecule has 28 heavy (non-hydrogen) atoms. The lowest BCUT2D eigenvalue weighted by Crippen LogP contribution is -2.46. The second-order valence-corrected chi connectivity index (χ2v) is 7.68. The van der Waals surface area contributed by atoms with Gasteiger partial charge >= 0.3 is 0 Å². The maximum Gasteiger partial charge on any atom is 0.264 e. The van der Waals surface area contributed by atoms with Gasteiger partial charge in [-0.3, -0.25) is 4.79 Å². The summed E-state index contributed by atoms with van der Waals surface area (Å²) in [6, 6.07) is 11.6. The molecule has 146 valence electrons. The maximum atomic E-state index is 12.4. The van der Waals surface area contributed by atoms with E-state index in [2.05, 4.69) is 25.0 Å². The molecule has 2 heterocycles. The molecule has 2 aromatic carbocycles. The van der Waals surface area contributed by atoms with Crippen LogP contribution in [0.2, 0.25) is 0 Å². The van der Waals surface area contributed by atoms with Crippen molar-refractivity contribution in [3.63, 3.8) is 0 Å². The number of carbonyl (C=O) groups is 1. The van der Waals surface area contributed by atoms with Gasteiger partial charge in [0, 0.05) is 13.1 Å². The number of nitrogens with zero attached hydrogens (tertiary/aromatic N) is 2. The molecule has 0 spiro atoms. The Bertz CT molecular complexity index is 1110. The molecule has 1 unspecified atom stereocenters. The van der Waals surface area contributed by atoms with Crippen molar-refractivity contribution in [1.82, 2.24) is 20.4 Å². The van der Waals surface area contributed by atoms with Crippen LogP contribution in [0.4, 0.5) is 0 Å². The highest BCUT2D eigenvalue weighted by molar-refractivity contribution is 7.89. The molecular weight excluding hydrogens is 388 g/mol. The maximum absolute atomic E-state index is 12.4. The first-order chi connectivity index (χ1) is 13.5. The zero-order valence-electron chi connectivity index (χ0n) is 14.5. The van der Waals surface area contributed by atoms with Crippen molar-refractivity contribution in [2.24, 2.45) is 0 Å². The lowest BCUT2D eigenvalue weighted by molar-refractivity contribution is -0.130. The Kier molecular flexibility index (Phi) is 4.84. The molecule has 1 aliphatic heterocycles. The smallest absolute Gasteiger partial charge is 0.264 e. The molecule has 4 rings (SSSR count). The topological polar surface area (TPSA) is 133 Å². The second-order valence-electron chi connectivity index (χ2n) is 5.94. The van der Waals surface area contributed by atoms with Crippen LogP contribution in [-0.4, -0.2) is 50.4 Å². The Morgan fingerprint density at radius 3 is 2.75 bits per heavy atom. The number of fused-ring (bicyclic) bond motifs is 2. The van der Waals surface area contributed by atoms with E-state index in [1.54, 1.807) is 30.3 Å². The number of nitrogens with one attached hydrogen (secondary N) is 2. The van der Waals surface area contributed by atoms with Crippen molar-refractivity contribution < 1.29 is 27.3 Å². The van der Waals surface area contributed by atoms with Crippen molar-refractivity contribution in [2.75, 3.05) is 19.7 Å². The number of carbonyl (C=O) groups excluding carboxylic acids is 1.